The van der Waals surface area contributed by atoms with Gasteiger partial charge in [-0.3, -0.25) is 24.9 Å². The van der Waals surface area contributed by atoms with Gasteiger partial charge in [-0.25, -0.2) is 14.6 Å². The third-order valence-electron chi connectivity index (χ3n) is 3.54. The van der Waals surface area contributed by atoms with Crippen LogP contribution in [-0.2, 0) is 4.79 Å². The van der Waals surface area contributed by atoms with Gasteiger partial charge in [0.2, 0.25) is 5.91 Å². The third-order valence-corrected chi connectivity index (χ3v) is 3.54. The summed E-state index contributed by atoms with van der Waals surface area (Å²) in [4.78, 5) is 44.6. The standard InChI is InChI=1S/C15H16N6O3/c1-7-5-8(2)17-15(16-7)21-14(24)13-9(3)20(18-10(4)22)12(23)6-11(13)19-21/h5-6,19H,1-4H3,(H,18,22). The Morgan fingerprint density at radius 3 is 2.33 bits per heavy atom. The third kappa shape index (κ3) is 2.49. The summed E-state index contributed by atoms with van der Waals surface area (Å²) in [5, 5.41) is 3.13. The van der Waals surface area contributed by atoms with Gasteiger partial charge < -0.3 is 0 Å². The van der Waals surface area contributed by atoms with Crippen LogP contribution in [0.3, 0.4) is 0 Å². The van der Waals surface area contributed by atoms with E-state index < -0.39 is 17.0 Å². The van der Waals surface area contributed by atoms with Gasteiger partial charge in [0.1, 0.15) is 0 Å². The van der Waals surface area contributed by atoms with Crippen molar-refractivity contribution in [2.45, 2.75) is 27.7 Å². The lowest BCUT2D eigenvalue weighted by atomic mass is 10.2. The fraction of sp³-hybridized carbons (Fsp3) is 0.267. The Balaban J connectivity index is 2.32. The van der Waals surface area contributed by atoms with E-state index in [-0.39, 0.29) is 11.3 Å². The van der Waals surface area contributed by atoms with Crippen molar-refractivity contribution < 1.29 is 4.79 Å². The first-order valence-electron chi connectivity index (χ1n) is 7.25. The SMILES string of the molecule is CC(=O)Nn1c(C)c2c(=O)n(-c3nc(C)cc(C)n3)[nH]c2cc1=O. The van der Waals surface area contributed by atoms with E-state index in [1.54, 1.807) is 26.8 Å². The minimum Gasteiger partial charge on any atom is -0.287 e. The lowest BCUT2D eigenvalue weighted by Gasteiger charge is -2.09. The van der Waals surface area contributed by atoms with Crippen molar-refractivity contribution in [2.24, 2.45) is 0 Å². The molecule has 0 aliphatic heterocycles. The highest BCUT2D eigenvalue weighted by molar-refractivity contribution is 5.84. The van der Waals surface area contributed by atoms with Gasteiger partial charge in [0.25, 0.3) is 17.1 Å². The monoisotopic (exact) mass is 328 g/mol. The van der Waals surface area contributed by atoms with Crippen LogP contribution in [0, 0.1) is 20.8 Å². The highest BCUT2D eigenvalue weighted by Gasteiger charge is 2.17. The molecule has 3 aromatic rings. The molecule has 9 heteroatoms. The summed E-state index contributed by atoms with van der Waals surface area (Å²) < 4.78 is 2.24. The second kappa shape index (κ2) is 5.44. The van der Waals surface area contributed by atoms with Crippen LogP contribution in [0.1, 0.15) is 24.0 Å². The van der Waals surface area contributed by atoms with Crippen LogP contribution in [-0.4, -0.2) is 30.3 Å². The van der Waals surface area contributed by atoms with Gasteiger partial charge in [-0.15, -0.1) is 0 Å². The predicted octanol–water partition coefficient (Wildman–Crippen LogP) is 0.286. The summed E-state index contributed by atoms with van der Waals surface area (Å²) >= 11 is 0. The Bertz CT molecular complexity index is 1070. The van der Waals surface area contributed by atoms with E-state index in [9.17, 15) is 14.4 Å². The number of carbonyl (C=O) groups excluding carboxylic acids is 1. The van der Waals surface area contributed by atoms with Gasteiger partial charge in [-0.1, -0.05) is 0 Å². The molecule has 0 unspecified atom stereocenters. The molecule has 124 valence electrons. The van der Waals surface area contributed by atoms with Gasteiger partial charge in [0, 0.05) is 24.4 Å². The number of hydrogen-bond donors (Lipinski definition) is 2. The van der Waals surface area contributed by atoms with E-state index in [0.717, 1.165) is 16.1 Å². The molecule has 0 aliphatic carbocycles. The summed E-state index contributed by atoms with van der Waals surface area (Å²) in [5.74, 6) is -0.209. The molecule has 9 nitrogen and oxygen atoms in total. The topological polar surface area (TPSA) is 115 Å². The molecule has 3 rings (SSSR count). The summed E-state index contributed by atoms with van der Waals surface area (Å²) in [7, 11) is 0. The van der Waals surface area contributed by atoms with E-state index in [2.05, 4.69) is 20.5 Å². The molecule has 0 saturated heterocycles. The number of aromatic nitrogens is 5. The first kappa shape index (κ1) is 15.7. The first-order chi connectivity index (χ1) is 11.3. The maximum absolute atomic E-state index is 12.7. The molecule has 0 aliphatic rings. The molecular formula is C15H16N6O3. The average molecular weight is 328 g/mol. The zero-order valence-corrected chi connectivity index (χ0v) is 13.7. The second-order valence-corrected chi connectivity index (χ2v) is 5.56. The lowest BCUT2D eigenvalue weighted by molar-refractivity contribution is -0.115. The van der Waals surface area contributed by atoms with Crippen molar-refractivity contribution in [3.05, 3.63) is 49.9 Å². The summed E-state index contributed by atoms with van der Waals surface area (Å²) in [5.41, 5.74) is 3.67. The molecule has 24 heavy (non-hydrogen) atoms. The fourth-order valence-corrected chi connectivity index (χ4v) is 2.62. The number of H-pyrrole nitrogens is 1. The number of amides is 1. The van der Waals surface area contributed by atoms with Gasteiger partial charge in [-0.05, 0) is 26.8 Å². The highest BCUT2D eigenvalue weighted by atomic mass is 16.2. The van der Waals surface area contributed by atoms with Crippen molar-refractivity contribution in [2.75, 3.05) is 5.43 Å². The Labute approximate surface area is 135 Å². The number of rotatable bonds is 2. The maximum Gasteiger partial charge on any atom is 0.283 e. The van der Waals surface area contributed by atoms with Crippen molar-refractivity contribution >= 4 is 16.8 Å². The first-order valence-corrected chi connectivity index (χ1v) is 7.25. The summed E-state index contributed by atoms with van der Waals surface area (Å²) in [6.07, 6.45) is 0. The zero-order chi connectivity index (χ0) is 17.6. The van der Waals surface area contributed by atoms with Crippen LogP contribution < -0.4 is 16.5 Å². The van der Waals surface area contributed by atoms with Crippen LogP contribution in [0.5, 0.6) is 0 Å². The molecule has 0 spiro atoms. The molecule has 2 N–H and O–H groups in total. The Morgan fingerprint density at radius 2 is 1.75 bits per heavy atom. The molecule has 0 aromatic carbocycles. The molecule has 0 saturated carbocycles. The molecule has 0 fully saturated rings. The van der Waals surface area contributed by atoms with Crippen LogP contribution in [0.25, 0.3) is 16.9 Å². The normalized spacial score (nSPS) is 11.0. The molecule has 3 heterocycles. The Hall–Kier alpha value is -3.23. The predicted molar refractivity (Wildman–Crippen MR) is 88.0 cm³/mol. The summed E-state index contributed by atoms with van der Waals surface area (Å²) in [6, 6.07) is 3.04. The molecule has 3 aromatic heterocycles. The fourth-order valence-electron chi connectivity index (χ4n) is 2.62. The number of nitrogens with zero attached hydrogens (tertiary/aromatic N) is 4. The van der Waals surface area contributed by atoms with Crippen molar-refractivity contribution in [3.63, 3.8) is 0 Å². The average Bonchev–Trinajstić information content (AvgIpc) is 2.79. The molecule has 0 atom stereocenters. The maximum atomic E-state index is 12.7. The van der Waals surface area contributed by atoms with Crippen LogP contribution >= 0.6 is 0 Å². The van der Waals surface area contributed by atoms with Gasteiger partial charge >= 0.3 is 0 Å². The van der Waals surface area contributed by atoms with E-state index in [1.807, 2.05) is 0 Å². The van der Waals surface area contributed by atoms with Crippen molar-refractivity contribution in [1.29, 1.82) is 0 Å². The minimum atomic E-state index is -0.454. The molecule has 0 radical (unpaired) electrons. The Morgan fingerprint density at radius 1 is 1.12 bits per heavy atom. The van der Waals surface area contributed by atoms with Crippen molar-refractivity contribution in [1.82, 2.24) is 24.4 Å². The number of hydrogen-bond acceptors (Lipinski definition) is 5. The van der Waals surface area contributed by atoms with E-state index in [4.69, 9.17) is 0 Å². The minimum absolute atomic E-state index is 0.201. The molecular weight excluding hydrogens is 312 g/mol. The van der Waals surface area contributed by atoms with Crippen molar-refractivity contribution in [3.8, 4) is 5.95 Å². The van der Waals surface area contributed by atoms with Crippen LogP contribution in [0.15, 0.2) is 21.7 Å². The van der Waals surface area contributed by atoms with E-state index >= 15 is 0 Å². The summed E-state index contributed by atoms with van der Waals surface area (Å²) in [6.45, 7) is 6.48. The van der Waals surface area contributed by atoms with E-state index in [1.165, 1.54) is 17.7 Å². The number of fused-ring (bicyclic) bond motifs is 1. The number of nitrogens with one attached hydrogen (secondary N) is 2. The number of aromatic amines is 1. The molecule has 1 amide bonds. The van der Waals surface area contributed by atoms with Crippen LogP contribution in [0.2, 0.25) is 0 Å². The number of aryl methyl sites for hydroxylation is 3. The Kier molecular flexibility index (Phi) is 3.55. The van der Waals surface area contributed by atoms with Gasteiger partial charge in [0.05, 0.1) is 16.6 Å². The second-order valence-electron chi connectivity index (χ2n) is 5.56. The quantitative estimate of drug-likeness (QED) is 0.701. The number of pyridine rings is 1. The number of carbonyl (C=O) groups is 1. The largest absolute Gasteiger partial charge is 0.287 e. The van der Waals surface area contributed by atoms with Crippen LogP contribution in [0.4, 0.5) is 0 Å². The van der Waals surface area contributed by atoms with Gasteiger partial charge in [0.15, 0.2) is 0 Å². The van der Waals surface area contributed by atoms with E-state index in [0.29, 0.717) is 11.2 Å². The smallest absolute Gasteiger partial charge is 0.283 e. The zero-order valence-electron chi connectivity index (χ0n) is 13.7. The lowest BCUT2D eigenvalue weighted by Crippen LogP contribution is -2.33. The van der Waals surface area contributed by atoms with Gasteiger partial charge in [-0.2, -0.15) is 4.68 Å². The highest BCUT2D eigenvalue weighted by Crippen LogP contribution is 2.11. The molecule has 0 bridgehead atoms.